The van der Waals surface area contributed by atoms with Crippen LogP contribution in [0, 0.1) is 0 Å². The number of aromatic nitrogens is 4. The second-order valence-electron chi connectivity index (χ2n) is 6.95. The molecule has 2 aromatic heterocycles. The predicted molar refractivity (Wildman–Crippen MR) is 106 cm³/mol. The van der Waals surface area contributed by atoms with Gasteiger partial charge in [-0.3, -0.25) is 14.5 Å². The minimum absolute atomic E-state index is 0.0649. The molecule has 8 heteroatoms. The van der Waals surface area contributed by atoms with Crippen molar-refractivity contribution in [1.82, 2.24) is 24.6 Å². The summed E-state index contributed by atoms with van der Waals surface area (Å²) in [7, 11) is 1.61. The summed E-state index contributed by atoms with van der Waals surface area (Å²) < 4.78 is 12.7. The second kappa shape index (κ2) is 8.72. The summed E-state index contributed by atoms with van der Waals surface area (Å²) in [5, 5.41) is 4.11. The normalized spacial score (nSPS) is 16.4. The monoisotopic (exact) mass is 393 g/mol. The standard InChI is InChI=1S/C21H23N5O3/c1-28-17-6-2-7-18(11-17)29-20-13-22-12-19(24-20)16-5-3-9-25(14-16)21(27)15-26-10-4-8-23-26/h2,4,6-8,10-13,16H,3,5,9,14-15H2,1H3/t16-/m0/s1. The highest BCUT2D eigenvalue weighted by atomic mass is 16.5. The summed E-state index contributed by atoms with van der Waals surface area (Å²) in [5.74, 6) is 1.97. The SMILES string of the molecule is COc1cccc(Oc2cncc([C@H]3CCCN(C(=O)Cn4cccn4)C3)n2)c1. The Morgan fingerprint density at radius 3 is 2.97 bits per heavy atom. The zero-order valence-corrected chi connectivity index (χ0v) is 16.3. The maximum atomic E-state index is 12.6. The molecule has 0 radical (unpaired) electrons. The van der Waals surface area contributed by atoms with E-state index in [2.05, 4.69) is 15.1 Å². The molecule has 29 heavy (non-hydrogen) atoms. The zero-order valence-electron chi connectivity index (χ0n) is 16.3. The van der Waals surface area contributed by atoms with Crippen LogP contribution in [0.15, 0.2) is 55.1 Å². The van der Waals surface area contributed by atoms with Gasteiger partial charge in [-0.05, 0) is 31.0 Å². The van der Waals surface area contributed by atoms with Crippen molar-refractivity contribution in [3.05, 3.63) is 60.8 Å². The van der Waals surface area contributed by atoms with Gasteiger partial charge in [0.25, 0.3) is 0 Å². The van der Waals surface area contributed by atoms with Gasteiger partial charge >= 0.3 is 0 Å². The van der Waals surface area contributed by atoms with Gasteiger partial charge in [-0.1, -0.05) is 6.07 Å². The molecule has 1 aliphatic heterocycles. The van der Waals surface area contributed by atoms with Crippen molar-refractivity contribution >= 4 is 5.91 Å². The maximum absolute atomic E-state index is 12.6. The van der Waals surface area contributed by atoms with Crippen LogP contribution in [0.3, 0.4) is 0 Å². The van der Waals surface area contributed by atoms with Crippen molar-refractivity contribution in [3.63, 3.8) is 0 Å². The third kappa shape index (κ3) is 4.71. The number of likely N-dealkylation sites (tertiary alicyclic amines) is 1. The van der Waals surface area contributed by atoms with E-state index < -0.39 is 0 Å². The van der Waals surface area contributed by atoms with Gasteiger partial charge in [0.05, 0.1) is 19.0 Å². The van der Waals surface area contributed by atoms with Crippen molar-refractivity contribution in [2.24, 2.45) is 0 Å². The van der Waals surface area contributed by atoms with Crippen molar-refractivity contribution in [2.75, 3.05) is 20.2 Å². The molecule has 1 fully saturated rings. The third-order valence-corrected chi connectivity index (χ3v) is 4.94. The molecule has 3 aromatic rings. The van der Waals surface area contributed by atoms with Crippen LogP contribution in [0.5, 0.6) is 17.4 Å². The molecule has 150 valence electrons. The summed E-state index contributed by atoms with van der Waals surface area (Å²) >= 11 is 0. The Labute approximate surface area is 169 Å². The maximum Gasteiger partial charge on any atom is 0.244 e. The number of carbonyl (C=O) groups is 1. The molecule has 1 saturated heterocycles. The van der Waals surface area contributed by atoms with Crippen LogP contribution in [0.25, 0.3) is 0 Å². The van der Waals surface area contributed by atoms with E-state index in [0.717, 1.165) is 25.1 Å². The Kier molecular flexibility index (Phi) is 5.69. The molecular formula is C21H23N5O3. The molecule has 0 aliphatic carbocycles. The van der Waals surface area contributed by atoms with Gasteiger partial charge in [0.2, 0.25) is 11.8 Å². The van der Waals surface area contributed by atoms with E-state index in [0.29, 0.717) is 23.9 Å². The number of nitrogens with zero attached hydrogens (tertiary/aromatic N) is 5. The highest BCUT2D eigenvalue weighted by Gasteiger charge is 2.26. The van der Waals surface area contributed by atoms with Gasteiger partial charge in [0.15, 0.2) is 0 Å². The molecule has 1 amide bonds. The fourth-order valence-corrected chi connectivity index (χ4v) is 3.47. The van der Waals surface area contributed by atoms with Gasteiger partial charge < -0.3 is 14.4 Å². The Morgan fingerprint density at radius 1 is 1.24 bits per heavy atom. The second-order valence-corrected chi connectivity index (χ2v) is 6.95. The first-order valence-corrected chi connectivity index (χ1v) is 9.60. The van der Waals surface area contributed by atoms with Gasteiger partial charge in [-0.25, -0.2) is 4.98 Å². The Balaban J connectivity index is 1.43. The first kappa shape index (κ1) is 18.9. The molecule has 1 aliphatic rings. The molecule has 0 N–H and O–H groups in total. The van der Waals surface area contributed by atoms with E-state index in [1.165, 1.54) is 0 Å². The Bertz CT molecular complexity index is 960. The van der Waals surface area contributed by atoms with Crippen molar-refractivity contribution < 1.29 is 14.3 Å². The average molecular weight is 393 g/mol. The molecule has 1 atom stereocenters. The molecule has 0 saturated carbocycles. The van der Waals surface area contributed by atoms with Crippen LogP contribution >= 0.6 is 0 Å². The van der Waals surface area contributed by atoms with Crippen LogP contribution in [0.4, 0.5) is 0 Å². The zero-order chi connectivity index (χ0) is 20.1. The average Bonchev–Trinajstić information content (AvgIpc) is 3.27. The number of methoxy groups -OCH3 is 1. The third-order valence-electron chi connectivity index (χ3n) is 4.94. The molecule has 4 rings (SSSR count). The molecule has 0 spiro atoms. The lowest BCUT2D eigenvalue weighted by Gasteiger charge is -2.32. The van der Waals surface area contributed by atoms with E-state index in [-0.39, 0.29) is 18.4 Å². The fourth-order valence-electron chi connectivity index (χ4n) is 3.47. The van der Waals surface area contributed by atoms with Gasteiger partial charge in [0, 0.05) is 43.7 Å². The van der Waals surface area contributed by atoms with E-state index in [9.17, 15) is 4.79 Å². The first-order valence-electron chi connectivity index (χ1n) is 9.60. The van der Waals surface area contributed by atoms with Crippen molar-refractivity contribution in [1.29, 1.82) is 0 Å². The van der Waals surface area contributed by atoms with E-state index >= 15 is 0 Å². The quantitative estimate of drug-likeness (QED) is 0.640. The van der Waals surface area contributed by atoms with Gasteiger partial charge in [-0.2, -0.15) is 5.10 Å². The lowest BCUT2D eigenvalue weighted by molar-refractivity contribution is -0.133. The summed E-state index contributed by atoms with van der Waals surface area (Å²) in [5.41, 5.74) is 0.835. The van der Waals surface area contributed by atoms with Gasteiger partial charge in [-0.15, -0.1) is 0 Å². The Hall–Kier alpha value is -3.42. The topological polar surface area (TPSA) is 82.4 Å². The summed E-state index contributed by atoms with van der Waals surface area (Å²) in [4.78, 5) is 23.4. The number of amides is 1. The van der Waals surface area contributed by atoms with Crippen LogP contribution in [0.1, 0.15) is 24.5 Å². The van der Waals surface area contributed by atoms with E-state index in [4.69, 9.17) is 9.47 Å². The smallest absolute Gasteiger partial charge is 0.244 e. The molecule has 3 heterocycles. The lowest BCUT2D eigenvalue weighted by Crippen LogP contribution is -2.41. The number of ether oxygens (including phenoxy) is 2. The van der Waals surface area contributed by atoms with Crippen molar-refractivity contribution in [3.8, 4) is 17.4 Å². The summed E-state index contributed by atoms with van der Waals surface area (Å²) in [6.45, 7) is 1.63. The highest BCUT2D eigenvalue weighted by molar-refractivity contribution is 5.76. The van der Waals surface area contributed by atoms with Crippen molar-refractivity contribution in [2.45, 2.75) is 25.3 Å². The predicted octanol–water partition coefficient (Wildman–Crippen LogP) is 2.88. The number of piperidine rings is 1. The molecule has 8 nitrogen and oxygen atoms in total. The molecule has 0 bridgehead atoms. The minimum Gasteiger partial charge on any atom is -0.497 e. The van der Waals surface area contributed by atoms with Crippen LogP contribution in [0.2, 0.25) is 0 Å². The van der Waals surface area contributed by atoms with Gasteiger partial charge in [0.1, 0.15) is 18.0 Å². The lowest BCUT2D eigenvalue weighted by atomic mass is 9.95. The van der Waals surface area contributed by atoms with E-state index in [1.807, 2.05) is 29.2 Å². The molecule has 0 unspecified atom stereocenters. The van der Waals surface area contributed by atoms with Crippen LogP contribution in [-0.4, -0.2) is 50.8 Å². The number of benzene rings is 1. The van der Waals surface area contributed by atoms with Crippen LogP contribution in [-0.2, 0) is 11.3 Å². The highest BCUT2D eigenvalue weighted by Crippen LogP contribution is 2.28. The number of hydrogen-bond donors (Lipinski definition) is 0. The number of rotatable bonds is 6. The van der Waals surface area contributed by atoms with E-state index in [1.54, 1.807) is 42.6 Å². The number of carbonyl (C=O) groups excluding carboxylic acids is 1. The first-order chi connectivity index (χ1) is 14.2. The molecule has 1 aromatic carbocycles. The Morgan fingerprint density at radius 2 is 2.14 bits per heavy atom. The fraction of sp³-hybridized carbons (Fsp3) is 0.333. The number of hydrogen-bond acceptors (Lipinski definition) is 6. The largest absolute Gasteiger partial charge is 0.497 e. The minimum atomic E-state index is 0.0649. The molecular weight excluding hydrogens is 370 g/mol. The summed E-state index contributed by atoms with van der Waals surface area (Å²) in [6.07, 6.45) is 8.71. The summed E-state index contributed by atoms with van der Waals surface area (Å²) in [6, 6.07) is 9.16. The van der Waals surface area contributed by atoms with Crippen LogP contribution < -0.4 is 9.47 Å².